The van der Waals surface area contributed by atoms with Gasteiger partial charge in [-0.2, -0.15) is 13.2 Å². The van der Waals surface area contributed by atoms with Gasteiger partial charge in [0.2, 0.25) is 0 Å². The Morgan fingerprint density at radius 3 is 2.67 bits per heavy atom. The summed E-state index contributed by atoms with van der Waals surface area (Å²) in [6.07, 6.45) is -2.92. The zero-order valence-electron chi connectivity index (χ0n) is 13.3. The van der Waals surface area contributed by atoms with Crippen LogP contribution in [0.25, 0.3) is 32.7 Å². The van der Waals surface area contributed by atoms with E-state index < -0.39 is 17.3 Å². The van der Waals surface area contributed by atoms with E-state index in [-0.39, 0.29) is 11.1 Å². The van der Waals surface area contributed by atoms with Crippen LogP contribution in [-0.2, 0) is 6.18 Å². The highest BCUT2D eigenvalue weighted by atomic mass is 35.5. The molecule has 0 bridgehead atoms. The van der Waals surface area contributed by atoms with Crippen molar-refractivity contribution >= 4 is 33.8 Å². The largest absolute Gasteiger partial charge is 0.416 e. The molecule has 1 N–H and O–H groups in total. The van der Waals surface area contributed by atoms with Gasteiger partial charge >= 0.3 is 6.18 Å². The predicted octanol–water partition coefficient (Wildman–Crippen LogP) is 5.39. The Balaban J connectivity index is 1.78. The van der Waals surface area contributed by atoms with Gasteiger partial charge in [0.1, 0.15) is 10.2 Å². The van der Waals surface area contributed by atoms with Gasteiger partial charge in [-0.05, 0) is 35.7 Å². The number of H-pyrrole nitrogens is 1. The molecule has 0 atom stereocenters. The van der Waals surface area contributed by atoms with Crippen LogP contribution in [0.5, 0.6) is 0 Å². The second kappa shape index (κ2) is 6.47. The molecule has 0 radical (unpaired) electrons. The van der Waals surface area contributed by atoms with Crippen molar-refractivity contribution in [1.82, 2.24) is 15.0 Å². The molecule has 27 heavy (non-hydrogen) atoms. The number of hydrogen-bond donors (Lipinski definition) is 1. The first-order valence-corrected chi connectivity index (χ1v) is 8.89. The summed E-state index contributed by atoms with van der Waals surface area (Å²) in [6, 6.07) is 8.17. The lowest BCUT2D eigenvalue weighted by Gasteiger charge is -2.08. The topological polar surface area (TPSA) is 58.6 Å². The van der Waals surface area contributed by atoms with Crippen LogP contribution >= 0.6 is 22.9 Å². The lowest BCUT2D eigenvalue weighted by molar-refractivity contribution is -0.137. The summed E-state index contributed by atoms with van der Waals surface area (Å²) in [4.78, 5) is 23.3. The molecule has 0 unspecified atom stereocenters. The second-order valence-electron chi connectivity index (χ2n) is 5.72. The average molecular weight is 408 g/mol. The van der Waals surface area contributed by atoms with E-state index in [4.69, 9.17) is 11.6 Å². The minimum atomic E-state index is -4.47. The molecule has 0 aliphatic carbocycles. The molecular formula is C18H9ClF3N3OS. The van der Waals surface area contributed by atoms with Gasteiger partial charge in [0, 0.05) is 22.7 Å². The van der Waals surface area contributed by atoms with E-state index in [9.17, 15) is 18.0 Å². The highest BCUT2D eigenvalue weighted by Crippen LogP contribution is 2.32. The second-order valence-corrected chi connectivity index (χ2v) is 6.96. The molecule has 0 aliphatic rings. The molecule has 1 aromatic carbocycles. The molecule has 0 saturated heterocycles. The van der Waals surface area contributed by atoms with E-state index in [0.29, 0.717) is 21.2 Å². The van der Waals surface area contributed by atoms with Crippen molar-refractivity contribution in [3.8, 4) is 21.8 Å². The van der Waals surface area contributed by atoms with Gasteiger partial charge in [-0.25, -0.2) is 9.97 Å². The summed E-state index contributed by atoms with van der Waals surface area (Å²) in [5.74, 6) is 0. The maximum atomic E-state index is 12.8. The minimum Gasteiger partial charge on any atom is -0.321 e. The number of nitrogens with one attached hydrogen (secondary N) is 1. The van der Waals surface area contributed by atoms with Crippen molar-refractivity contribution in [2.24, 2.45) is 0 Å². The molecule has 3 aromatic heterocycles. The highest BCUT2D eigenvalue weighted by Gasteiger charge is 2.30. The lowest BCUT2D eigenvalue weighted by Crippen LogP contribution is -2.10. The van der Waals surface area contributed by atoms with Crippen molar-refractivity contribution in [2.45, 2.75) is 6.18 Å². The van der Waals surface area contributed by atoms with Gasteiger partial charge in [-0.15, -0.1) is 11.3 Å². The Morgan fingerprint density at radius 2 is 1.93 bits per heavy atom. The zero-order chi connectivity index (χ0) is 19.2. The molecule has 0 aliphatic heterocycles. The first kappa shape index (κ1) is 17.7. The number of thiazole rings is 1. The average Bonchev–Trinajstić information content (AvgIpc) is 3.09. The van der Waals surface area contributed by atoms with Gasteiger partial charge < -0.3 is 4.98 Å². The van der Waals surface area contributed by atoms with Crippen molar-refractivity contribution in [1.29, 1.82) is 0 Å². The van der Waals surface area contributed by atoms with Gasteiger partial charge in [0.05, 0.1) is 16.8 Å². The van der Waals surface area contributed by atoms with Gasteiger partial charge in [0.25, 0.3) is 5.56 Å². The maximum absolute atomic E-state index is 12.8. The van der Waals surface area contributed by atoms with Gasteiger partial charge in [-0.3, -0.25) is 4.79 Å². The lowest BCUT2D eigenvalue weighted by atomic mass is 10.1. The summed E-state index contributed by atoms with van der Waals surface area (Å²) in [7, 11) is 0. The van der Waals surface area contributed by atoms with E-state index in [2.05, 4.69) is 15.0 Å². The summed E-state index contributed by atoms with van der Waals surface area (Å²) < 4.78 is 38.5. The number of alkyl halides is 3. The van der Waals surface area contributed by atoms with Crippen LogP contribution in [0.15, 0.2) is 52.8 Å². The van der Waals surface area contributed by atoms with Gasteiger partial charge in [-0.1, -0.05) is 17.7 Å². The van der Waals surface area contributed by atoms with Crippen molar-refractivity contribution in [3.63, 3.8) is 0 Å². The van der Waals surface area contributed by atoms with Gasteiger partial charge in [0.15, 0.2) is 0 Å². The zero-order valence-corrected chi connectivity index (χ0v) is 14.9. The number of halogens is 4. The van der Waals surface area contributed by atoms with Crippen molar-refractivity contribution < 1.29 is 13.2 Å². The molecule has 0 amide bonds. The first-order valence-electron chi connectivity index (χ1n) is 7.63. The molecule has 0 fully saturated rings. The summed E-state index contributed by atoms with van der Waals surface area (Å²) in [6.45, 7) is 0. The summed E-state index contributed by atoms with van der Waals surface area (Å²) in [5, 5.41) is 3.18. The van der Waals surface area contributed by atoms with E-state index >= 15 is 0 Å². The number of pyridine rings is 2. The Kier molecular flexibility index (Phi) is 4.24. The normalized spacial score (nSPS) is 11.9. The third-order valence-electron chi connectivity index (χ3n) is 3.93. The fraction of sp³-hybridized carbons (Fsp3) is 0.0556. The molecule has 0 spiro atoms. The van der Waals surface area contributed by atoms with E-state index in [0.717, 1.165) is 17.7 Å². The number of nitrogens with zero attached hydrogens (tertiary/aromatic N) is 2. The maximum Gasteiger partial charge on any atom is 0.416 e. The molecule has 4 nitrogen and oxygen atoms in total. The Labute approximate surface area is 159 Å². The van der Waals surface area contributed by atoms with E-state index in [1.54, 1.807) is 23.7 Å². The SMILES string of the molecule is O=c1[nH]c2cc(C(F)(F)F)ccc2cc1-c1csc(-c2ccnc(Cl)c2)n1. The standard InChI is InChI=1S/C18H9ClF3N3OS/c19-15-6-10(3-4-23-15)17-25-14(8-27-17)12-5-9-1-2-11(18(20,21)22)7-13(9)24-16(12)26/h1-8H,(H,24,26). The number of aromatic nitrogens is 3. The Hall–Kier alpha value is -2.71. The van der Waals surface area contributed by atoms with Crippen LogP contribution in [0.2, 0.25) is 5.15 Å². The molecule has 4 aromatic rings. The Bertz CT molecular complexity index is 1220. The molecule has 4 rings (SSSR count). The van der Waals surface area contributed by atoms with Crippen LogP contribution in [-0.4, -0.2) is 15.0 Å². The van der Waals surface area contributed by atoms with E-state index in [1.165, 1.54) is 23.5 Å². The summed E-state index contributed by atoms with van der Waals surface area (Å²) in [5.41, 5.74) is 0.277. The molecular weight excluding hydrogens is 399 g/mol. The molecule has 136 valence electrons. The van der Waals surface area contributed by atoms with Crippen LogP contribution in [0.1, 0.15) is 5.56 Å². The highest BCUT2D eigenvalue weighted by molar-refractivity contribution is 7.13. The number of aromatic amines is 1. The fourth-order valence-corrected chi connectivity index (χ4v) is 3.62. The Morgan fingerprint density at radius 1 is 1.11 bits per heavy atom. The van der Waals surface area contributed by atoms with E-state index in [1.807, 2.05) is 0 Å². The fourth-order valence-electron chi connectivity index (χ4n) is 2.63. The number of benzene rings is 1. The number of fused-ring (bicyclic) bond motifs is 1. The van der Waals surface area contributed by atoms with Crippen molar-refractivity contribution in [2.75, 3.05) is 0 Å². The smallest absolute Gasteiger partial charge is 0.321 e. The first-order chi connectivity index (χ1) is 12.8. The molecule has 9 heteroatoms. The minimum absolute atomic E-state index is 0.120. The monoisotopic (exact) mass is 407 g/mol. The molecule has 3 heterocycles. The van der Waals surface area contributed by atoms with Crippen LogP contribution in [0.4, 0.5) is 13.2 Å². The third-order valence-corrected chi connectivity index (χ3v) is 5.02. The third kappa shape index (κ3) is 3.45. The van der Waals surface area contributed by atoms with Crippen molar-refractivity contribution in [3.05, 3.63) is 69.0 Å². The van der Waals surface area contributed by atoms with Crippen LogP contribution < -0.4 is 5.56 Å². The predicted molar refractivity (Wildman–Crippen MR) is 98.9 cm³/mol. The summed E-state index contributed by atoms with van der Waals surface area (Å²) >= 11 is 7.21. The van der Waals surface area contributed by atoms with Crippen LogP contribution in [0, 0.1) is 0 Å². The quantitative estimate of drug-likeness (QED) is 0.453. The van der Waals surface area contributed by atoms with Crippen LogP contribution in [0.3, 0.4) is 0 Å². The molecule has 0 saturated carbocycles. The number of rotatable bonds is 2. The number of hydrogen-bond acceptors (Lipinski definition) is 4.